The second-order valence-corrected chi connectivity index (χ2v) is 4.66. The monoisotopic (exact) mass is 275 g/mol. The zero-order valence-electron chi connectivity index (χ0n) is 12.4. The van der Waals surface area contributed by atoms with Crippen molar-refractivity contribution in [1.29, 1.82) is 10.5 Å². The van der Waals surface area contributed by atoms with Crippen LogP contribution in [0.5, 0.6) is 0 Å². The van der Waals surface area contributed by atoms with Crippen molar-refractivity contribution in [3.63, 3.8) is 0 Å². The molecule has 0 bridgehead atoms. The van der Waals surface area contributed by atoms with E-state index in [4.69, 9.17) is 10.5 Å². The van der Waals surface area contributed by atoms with Crippen molar-refractivity contribution in [2.45, 2.75) is 27.2 Å². The largest absolute Gasteiger partial charge is 0.355 e. The van der Waals surface area contributed by atoms with Crippen molar-refractivity contribution in [2.24, 2.45) is 0 Å². The fraction of sp³-hybridized carbons (Fsp3) is 0.643. The van der Waals surface area contributed by atoms with Gasteiger partial charge in [0.15, 0.2) is 0 Å². The van der Waals surface area contributed by atoms with E-state index in [1.165, 1.54) is 0 Å². The maximum atomic E-state index is 12.3. The first-order valence-electron chi connectivity index (χ1n) is 6.88. The van der Waals surface area contributed by atoms with Crippen LogP contribution in [0.1, 0.15) is 27.2 Å². The van der Waals surface area contributed by atoms with Gasteiger partial charge in [-0.3, -0.25) is 0 Å². The molecule has 0 atom stereocenters. The molecule has 0 unspecified atom stereocenters. The molecule has 1 saturated heterocycles. The minimum atomic E-state index is 0.0166. The molecule has 0 aromatic rings. The smallest absolute Gasteiger partial charge is 0.321 e. The third-order valence-electron chi connectivity index (χ3n) is 3.56. The van der Waals surface area contributed by atoms with E-state index in [0.29, 0.717) is 32.0 Å². The van der Waals surface area contributed by atoms with E-state index in [2.05, 4.69) is 0 Å². The SMILES string of the molecule is CCN(CC)C(=O)N1CCCN(C(C)=C(C#N)C#N)C1. The number of urea groups is 1. The third-order valence-corrected chi connectivity index (χ3v) is 3.56. The zero-order chi connectivity index (χ0) is 15.1. The van der Waals surface area contributed by atoms with Gasteiger partial charge in [-0.15, -0.1) is 0 Å². The number of rotatable bonds is 3. The molecule has 0 N–H and O–H groups in total. The maximum Gasteiger partial charge on any atom is 0.321 e. The van der Waals surface area contributed by atoms with Crippen molar-refractivity contribution >= 4 is 6.03 Å². The lowest BCUT2D eigenvalue weighted by Gasteiger charge is -2.39. The molecule has 1 aliphatic rings. The minimum Gasteiger partial charge on any atom is -0.355 e. The number of nitrogens with zero attached hydrogens (tertiary/aromatic N) is 5. The number of allylic oxidation sites excluding steroid dienone is 2. The highest BCUT2D eigenvalue weighted by atomic mass is 16.2. The van der Waals surface area contributed by atoms with Gasteiger partial charge in [0, 0.05) is 31.9 Å². The minimum absolute atomic E-state index is 0.0166. The van der Waals surface area contributed by atoms with Gasteiger partial charge < -0.3 is 14.7 Å². The molecule has 1 heterocycles. The first kappa shape index (κ1) is 15.8. The Balaban J connectivity index is 2.83. The summed E-state index contributed by atoms with van der Waals surface area (Å²) in [5.41, 5.74) is 0.759. The van der Waals surface area contributed by atoms with Crippen molar-refractivity contribution in [3.8, 4) is 12.1 Å². The van der Waals surface area contributed by atoms with E-state index in [1.807, 2.05) is 30.9 Å². The summed E-state index contributed by atoms with van der Waals surface area (Å²) in [7, 11) is 0. The van der Waals surface area contributed by atoms with E-state index in [1.54, 1.807) is 16.7 Å². The van der Waals surface area contributed by atoms with Gasteiger partial charge in [-0.25, -0.2) is 4.79 Å². The van der Waals surface area contributed by atoms with Crippen LogP contribution in [0.4, 0.5) is 4.79 Å². The molecule has 1 aliphatic heterocycles. The predicted octanol–water partition coefficient (Wildman–Crippen LogP) is 1.73. The van der Waals surface area contributed by atoms with Crippen LogP contribution in [0.15, 0.2) is 11.3 Å². The summed E-state index contributed by atoms with van der Waals surface area (Å²) in [6.45, 7) is 8.95. The lowest BCUT2D eigenvalue weighted by Crippen LogP contribution is -2.51. The Hall–Kier alpha value is -2.21. The van der Waals surface area contributed by atoms with Gasteiger partial charge in [0.25, 0.3) is 0 Å². The average Bonchev–Trinajstić information content (AvgIpc) is 2.49. The van der Waals surface area contributed by atoms with Crippen molar-refractivity contribution in [3.05, 3.63) is 11.3 Å². The first-order valence-corrected chi connectivity index (χ1v) is 6.88. The van der Waals surface area contributed by atoms with E-state index in [9.17, 15) is 4.79 Å². The Bertz CT molecular complexity index is 451. The van der Waals surface area contributed by atoms with Gasteiger partial charge in [-0.1, -0.05) is 0 Å². The zero-order valence-corrected chi connectivity index (χ0v) is 12.4. The molecule has 0 saturated carbocycles. The third kappa shape index (κ3) is 3.42. The Labute approximate surface area is 120 Å². The van der Waals surface area contributed by atoms with Crippen molar-refractivity contribution in [2.75, 3.05) is 32.8 Å². The van der Waals surface area contributed by atoms with Crippen molar-refractivity contribution in [1.82, 2.24) is 14.7 Å². The van der Waals surface area contributed by atoms with Gasteiger partial charge in [0.05, 0.1) is 6.67 Å². The van der Waals surface area contributed by atoms with Crippen molar-refractivity contribution < 1.29 is 4.79 Å². The Morgan fingerprint density at radius 2 is 1.70 bits per heavy atom. The number of amides is 2. The van der Waals surface area contributed by atoms with E-state index < -0.39 is 0 Å². The lowest BCUT2D eigenvalue weighted by molar-refractivity contribution is 0.102. The van der Waals surface area contributed by atoms with E-state index in [0.717, 1.165) is 13.0 Å². The second kappa shape index (κ2) is 7.40. The summed E-state index contributed by atoms with van der Waals surface area (Å²) in [4.78, 5) is 17.8. The van der Waals surface area contributed by atoms with Crippen LogP contribution >= 0.6 is 0 Å². The normalized spacial score (nSPS) is 14.2. The quantitative estimate of drug-likeness (QED) is 0.735. The van der Waals surface area contributed by atoms with Gasteiger partial charge in [0.1, 0.15) is 17.7 Å². The van der Waals surface area contributed by atoms with Crippen LogP contribution in [-0.2, 0) is 0 Å². The van der Waals surface area contributed by atoms with E-state index >= 15 is 0 Å². The summed E-state index contributed by atoms with van der Waals surface area (Å²) < 4.78 is 0. The molecular weight excluding hydrogens is 254 g/mol. The number of carbonyl (C=O) groups is 1. The summed E-state index contributed by atoms with van der Waals surface area (Å²) in [5.74, 6) is 0. The second-order valence-electron chi connectivity index (χ2n) is 4.66. The lowest BCUT2D eigenvalue weighted by atomic mass is 10.2. The van der Waals surface area contributed by atoms with Crippen LogP contribution in [0.25, 0.3) is 0 Å². The summed E-state index contributed by atoms with van der Waals surface area (Å²) in [5, 5.41) is 17.8. The number of nitriles is 2. The van der Waals surface area contributed by atoms with Crippen LogP contribution < -0.4 is 0 Å². The molecule has 1 fully saturated rings. The molecule has 20 heavy (non-hydrogen) atoms. The number of hydrogen-bond donors (Lipinski definition) is 0. The summed E-state index contributed by atoms with van der Waals surface area (Å²) in [6, 6.07) is 3.82. The fourth-order valence-electron chi connectivity index (χ4n) is 2.27. The fourth-order valence-corrected chi connectivity index (χ4v) is 2.27. The molecule has 6 nitrogen and oxygen atoms in total. The number of carbonyl (C=O) groups excluding carboxylic acids is 1. The van der Waals surface area contributed by atoms with Gasteiger partial charge >= 0.3 is 6.03 Å². The van der Waals surface area contributed by atoms with Crippen LogP contribution in [0, 0.1) is 22.7 Å². The van der Waals surface area contributed by atoms with Crippen LogP contribution in [0.3, 0.4) is 0 Å². The molecule has 0 aromatic carbocycles. The maximum absolute atomic E-state index is 12.3. The standard InChI is InChI=1S/C14H21N5O/c1-4-17(5-2)14(20)19-8-6-7-18(11-19)12(3)13(9-15)10-16/h4-8,11H2,1-3H3. The molecule has 0 spiro atoms. The first-order chi connectivity index (χ1) is 9.58. The Kier molecular flexibility index (Phi) is 5.86. The topological polar surface area (TPSA) is 74.4 Å². The van der Waals surface area contributed by atoms with E-state index in [-0.39, 0.29) is 11.6 Å². The van der Waals surface area contributed by atoms with Crippen LogP contribution in [-0.4, -0.2) is 53.6 Å². The summed E-state index contributed by atoms with van der Waals surface area (Å²) in [6.07, 6.45) is 0.842. The van der Waals surface area contributed by atoms with Gasteiger partial charge in [-0.05, 0) is 27.2 Å². The highest BCUT2D eigenvalue weighted by molar-refractivity contribution is 5.74. The molecule has 0 radical (unpaired) electrons. The highest BCUT2D eigenvalue weighted by Gasteiger charge is 2.25. The highest BCUT2D eigenvalue weighted by Crippen LogP contribution is 2.16. The molecule has 108 valence electrons. The van der Waals surface area contributed by atoms with Gasteiger partial charge in [-0.2, -0.15) is 10.5 Å². The molecule has 2 amide bonds. The Morgan fingerprint density at radius 3 is 2.20 bits per heavy atom. The summed E-state index contributed by atoms with van der Waals surface area (Å²) >= 11 is 0. The molecule has 0 aromatic heterocycles. The molecular formula is C14H21N5O. The Morgan fingerprint density at radius 1 is 1.15 bits per heavy atom. The van der Waals surface area contributed by atoms with Crippen LogP contribution in [0.2, 0.25) is 0 Å². The molecule has 6 heteroatoms. The predicted molar refractivity (Wildman–Crippen MR) is 75.1 cm³/mol. The number of hydrogen-bond acceptors (Lipinski definition) is 4. The molecule has 1 rings (SSSR count). The molecule has 0 aliphatic carbocycles. The van der Waals surface area contributed by atoms with Gasteiger partial charge in [0.2, 0.25) is 0 Å². The average molecular weight is 275 g/mol.